The lowest BCUT2D eigenvalue weighted by Crippen LogP contribution is -2.26. The summed E-state index contributed by atoms with van der Waals surface area (Å²) in [6.45, 7) is 6.72. The Morgan fingerprint density at radius 2 is 1.84 bits per heavy atom. The predicted molar refractivity (Wildman–Crippen MR) is 127 cm³/mol. The lowest BCUT2D eigenvalue weighted by Gasteiger charge is -2.17. The molecule has 0 aliphatic rings. The van der Waals surface area contributed by atoms with Crippen molar-refractivity contribution in [3.63, 3.8) is 0 Å². The molecule has 4 aromatic rings. The summed E-state index contributed by atoms with van der Waals surface area (Å²) < 4.78 is 12.1. The van der Waals surface area contributed by atoms with Gasteiger partial charge in [-0.1, -0.05) is 6.07 Å². The van der Waals surface area contributed by atoms with E-state index in [-0.39, 0.29) is 6.10 Å². The summed E-state index contributed by atoms with van der Waals surface area (Å²) in [7, 11) is 1.91. The van der Waals surface area contributed by atoms with Crippen molar-refractivity contribution in [1.82, 2.24) is 20.3 Å². The van der Waals surface area contributed by atoms with E-state index in [1.807, 2.05) is 76.3 Å². The summed E-state index contributed by atoms with van der Waals surface area (Å²) in [5.41, 5.74) is 3.66. The van der Waals surface area contributed by atoms with Gasteiger partial charge in [-0.05, 0) is 75.8 Å². The Kier molecular flexibility index (Phi) is 6.47. The van der Waals surface area contributed by atoms with Gasteiger partial charge in [0.15, 0.2) is 0 Å². The maximum absolute atomic E-state index is 6.16. The normalized spacial score (nSPS) is 11.9. The number of anilines is 2. The van der Waals surface area contributed by atoms with Gasteiger partial charge < -0.3 is 20.1 Å². The molecule has 0 fully saturated rings. The molecule has 0 radical (unpaired) electrons. The van der Waals surface area contributed by atoms with Gasteiger partial charge in [-0.3, -0.25) is 4.98 Å². The van der Waals surface area contributed by atoms with Crippen LogP contribution in [0.4, 0.5) is 11.5 Å². The fourth-order valence-corrected chi connectivity index (χ4v) is 3.44. The zero-order chi connectivity index (χ0) is 22.5. The maximum Gasteiger partial charge on any atom is 0.145 e. The highest BCUT2D eigenvalue weighted by molar-refractivity contribution is 5.95. The van der Waals surface area contributed by atoms with Crippen LogP contribution in [0.5, 0.6) is 17.2 Å². The van der Waals surface area contributed by atoms with Crippen LogP contribution < -0.4 is 20.1 Å². The second-order valence-electron chi connectivity index (χ2n) is 7.70. The van der Waals surface area contributed by atoms with Gasteiger partial charge in [0.25, 0.3) is 0 Å². The zero-order valence-electron chi connectivity index (χ0n) is 18.7. The minimum absolute atomic E-state index is 0.00796. The Bertz CT molecular complexity index is 1210. The molecule has 164 valence electrons. The van der Waals surface area contributed by atoms with Gasteiger partial charge in [0.05, 0.1) is 17.1 Å². The molecule has 0 spiro atoms. The van der Waals surface area contributed by atoms with E-state index >= 15 is 0 Å². The molecule has 2 aromatic heterocycles. The van der Waals surface area contributed by atoms with Crippen molar-refractivity contribution in [2.45, 2.75) is 26.9 Å². The van der Waals surface area contributed by atoms with Gasteiger partial charge in [-0.25, -0.2) is 9.97 Å². The molecular weight excluding hydrogens is 402 g/mol. The molecule has 0 amide bonds. The smallest absolute Gasteiger partial charge is 0.145 e. The largest absolute Gasteiger partial charge is 0.489 e. The molecule has 2 aromatic carbocycles. The zero-order valence-corrected chi connectivity index (χ0v) is 18.7. The van der Waals surface area contributed by atoms with Crippen LogP contribution in [0.25, 0.3) is 10.9 Å². The number of nitrogens with one attached hydrogen (secondary N) is 2. The molecule has 2 N–H and O–H groups in total. The Hall–Kier alpha value is -3.71. The molecule has 0 unspecified atom stereocenters. The molecule has 4 rings (SSSR count). The number of pyridine rings is 1. The number of benzene rings is 2. The maximum atomic E-state index is 6.16. The third kappa shape index (κ3) is 4.95. The fraction of sp³-hybridized carbons (Fsp3) is 0.240. The lowest BCUT2D eigenvalue weighted by atomic mass is 10.1. The first-order valence-corrected chi connectivity index (χ1v) is 10.6. The highest BCUT2D eigenvalue weighted by atomic mass is 16.5. The SMILES string of the molecule is CNC[C@@H](C)Oc1cccc2ncnc(Nc3ccc(Oc4ccc(C)nc4)c(C)c3)c12. The monoisotopic (exact) mass is 429 g/mol. The van der Waals surface area contributed by atoms with Gasteiger partial charge in [0.2, 0.25) is 0 Å². The molecule has 0 aliphatic heterocycles. The molecule has 7 nitrogen and oxygen atoms in total. The average molecular weight is 430 g/mol. The van der Waals surface area contributed by atoms with E-state index in [0.717, 1.165) is 45.9 Å². The van der Waals surface area contributed by atoms with Crippen molar-refractivity contribution < 1.29 is 9.47 Å². The summed E-state index contributed by atoms with van der Waals surface area (Å²) >= 11 is 0. The first-order chi connectivity index (χ1) is 15.5. The van der Waals surface area contributed by atoms with Crippen molar-refractivity contribution in [3.05, 3.63) is 72.3 Å². The van der Waals surface area contributed by atoms with Gasteiger partial charge in [0.1, 0.15) is 35.5 Å². The first kappa shape index (κ1) is 21.5. The van der Waals surface area contributed by atoms with Crippen LogP contribution >= 0.6 is 0 Å². The van der Waals surface area contributed by atoms with Crippen molar-refractivity contribution in [2.75, 3.05) is 18.9 Å². The van der Waals surface area contributed by atoms with Gasteiger partial charge in [0, 0.05) is 17.9 Å². The van der Waals surface area contributed by atoms with Crippen LogP contribution in [0.15, 0.2) is 61.1 Å². The minimum atomic E-state index is 0.00796. The number of rotatable bonds is 8. The number of hydrogen-bond donors (Lipinski definition) is 2. The van der Waals surface area contributed by atoms with E-state index in [0.29, 0.717) is 11.6 Å². The molecule has 0 saturated carbocycles. The molecular formula is C25H27N5O2. The van der Waals surface area contributed by atoms with Gasteiger partial charge >= 0.3 is 0 Å². The Morgan fingerprint density at radius 1 is 0.969 bits per heavy atom. The van der Waals surface area contributed by atoms with E-state index in [1.54, 1.807) is 12.5 Å². The number of ether oxygens (including phenoxy) is 2. The molecule has 0 aliphatic carbocycles. The summed E-state index contributed by atoms with van der Waals surface area (Å²) in [5.74, 6) is 2.92. The molecule has 32 heavy (non-hydrogen) atoms. The van der Waals surface area contributed by atoms with Gasteiger partial charge in [-0.2, -0.15) is 0 Å². The van der Waals surface area contributed by atoms with Crippen LogP contribution in [0.1, 0.15) is 18.2 Å². The van der Waals surface area contributed by atoms with Crippen LogP contribution in [0.2, 0.25) is 0 Å². The number of fused-ring (bicyclic) bond motifs is 1. The topological polar surface area (TPSA) is 81.2 Å². The Morgan fingerprint density at radius 3 is 2.59 bits per heavy atom. The fourth-order valence-electron chi connectivity index (χ4n) is 3.44. The predicted octanol–water partition coefficient (Wildman–Crippen LogP) is 5.16. The van der Waals surface area contributed by atoms with Crippen LogP contribution in [0.3, 0.4) is 0 Å². The summed E-state index contributed by atoms with van der Waals surface area (Å²) in [6, 6.07) is 15.6. The third-order valence-electron chi connectivity index (χ3n) is 4.99. The van der Waals surface area contributed by atoms with E-state index < -0.39 is 0 Å². The number of likely N-dealkylation sites (N-methyl/N-ethyl adjacent to an activating group) is 1. The van der Waals surface area contributed by atoms with E-state index in [9.17, 15) is 0 Å². The van der Waals surface area contributed by atoms with Crippen molar-refractivity contribution in [1.29, 1.82) is 0 Å². The quantitative estimate of drug-likeness (QED) is 0.400. The molecule has 1 atom stereocenters. The van der Waals surface area contributed by atoms with E-state index in [2.05, 4.69) is 25.6 Å². The van der Waals surface area contributed by atoms with Gasteiger partial charge in [-0.15, -0.1) is 0 Å². The van der Waals surface area contributed by atoms with Crippen LogP contribution in [0, 0.1) is 13.8 Å². The number of hydrogen-bond acceptors (Lipinski definition) is 7. The minimum Gasteiger partial charge on any atom is -0.489 e. The number of nitrogens with zero attached hydrogens (tertiary/aromatic N) is 3. The van der Waals surface area contributed by atoms with Crippen LogP contribution in [-0.2, 0) is 0 Å². The highest BCUT2D eigenvalue weighted by Gasteiger charge is 2.13. The molecule has 0 bridgehead atoms. The summed E-state index contributed by atoms with van der Waals surface area (Å²) in [5, 5.41) is 7.40. The molecule has 2 heterocycles. The standard InChI is InChI=1S/C25H27N5O2/c1-16-12-19(9-11-22(16)32-20-10-8-17(2)27-14-20)30-25-24-21(28-15-29-25)6-5-7-23(24)31-18(3)13-26-4/h5-12,14-15,18,26H,13H2,1-4H3,(H,28,29,30)/t18-/m1/s1. The summed E-state index contributed by atoms with van der Waals surface area (Å²) in [6.07, 6.45) is 3.29. The number of aromatic nitrogens is 3. The number of aryl methyl sites for hydroxylation is 2. The van der Waals surface area contributed by atoms with Crippen LogP contribution in [-0.4, -0.2) is 34.6 Å². The third-order valence-corrected chi connectivity index (χ3v) is 4.99. The average Bonchev–Trinajstić information content (AvgIpc) is 2.77. The Balaban J connectivity index is 1.60. The Labute approximate surface area is 187 Å². The lowest BCUT2D eigenvalue weighted by molar-refractivity contribution is 0.223. The highest BCUT2D eigenvalue weighted by Crippen LogP contribution is 2.33. The molecule has 0 saturated heterocycles. The van der Waals surface area contributed by atoms with E-state index in [1.165, 1.54) is 0 Å². The first-order valence-electron chi connectivity index (χ1n) is 10.6. The van der Waals surface area contributed by atoms with Crippen molar-refractivity contribution >= 4 is 22.4 Å². The second kappa shape index (κ2) is 9.62. The van der Waals surface area contributed by atoms with Crippen molar-refractivity contribution in [2.24, 2.45) is 0 Å². The second-order valence-corrected chi connectivity index (χ2v) is 7.70. The van der Waals surface area contributed by atoms with E-state index in [4.69, 9.17) is 9.47 Å². The molecule has 7 heteroatoms. The van der Waals surface area contributed by atoms with Crippen molar-refractivity contribution in [3.8, 4) is 17.2 Å². The summed E-state index contributed by atoms with van der Waals surface area (Å²) in [4.78, 5) is 13.2.